The molecule has 0 saturated heterocycles. The van der Waals surface area contributed by atoms with E-state index in [4.69, 9.17) is 11.6 Å². The molecule has 0 radical (unpaired) electrons. The van der Waals surface area contributed by atoms with Gasteiger partial charge in [-0.3, -0.25) is 14.3 Å². The molecule has 41 heavy (non-hydrogen) atoms. The highest BCUT2D eigenvalue weighted by atomic mass is 35.5. The summed E-state index contributed by atoms with van der Waals surface area (Å²) < 4.78 is 47.8. The molecule has 1 aromatic carbocycles. The molecule has 208 valence electrons. The van der Waals surface area contributed by atoms with Crippen LogP contribution in [0.3, 0.4) is 0 Å². The van der Waals surface area contributed by atoms with Gasteiger partial charge in [-0.05, 0) is 69.4 Å². The highest BCUT2D eigenvalue weighted by Gasteiger charge is 2.43. The van der Waals surface area contributed by atoms with Crippen LogP contribution in [0, 0.1) is 45.1 Å². The van der Waals surface area contributed by atoms with Gasteiger partial charge in [0.2, 0.25) is 0 Å². The Morgan fingerprint density at radius 3 is 2.37 bits per heavy atom. The summed E-state index contributed by atoms with van der Waals surface area (Å²) in [7, 11) is 0. The van der Waals surface area contributed by atoms with E-state index in [1.54, 1.807) is 39.8 Å². The Morgan fingerprint density at radius 1 is 0.951 bits per heavy atom. The zero-order valence-corrected chi connectivity index (χ0v) is 23.2. The van der Waals surface area contributed by atoms with E-state index in [0.717, 1.165) is 12.4 Å². The number of aryl methyl sites for hydroxylation is 4. The molecule has 6 rings (SSSR count). The Hall–Kier alpha value is -4.38. The SMILES string of the molecule is Cc1nc(C)n(-c2cccc(-c3ncc(C)c(-n4c(C)cc([C@H]5C[C@@H]5c5ncc(F)cn5)c(Cl)c4=O)c3F)c2F)n1. The largest absolute Gasteiger partial charge is 0.277 e. The molecule has 1 aliphatic carbocycles. The van der Waals surface area contributed by atoms with E-state index in [1.807, 2.05) is 0 Å². The van der Waals surface area contributed by atoms with Gasteiger partial charge >= 0.3 is 0 Å². The zero-order chi connectivity index (χ0) is 29.2. The maximum atomic E-state index is 16.3. The van der Waals surface area contributed by atoms with Gasteiger partial charge in [0.1, 0.15) is 33.9 Å². The second-order valence-corrected chi connectivity index (χ2v) is 10.5. The molecule has 5 aromatic rings. The van der Waals surface area contributed by atoms with Crippen LogP contribution in [0.2, 0.25) is 5.02 Å². The first-order chi connectivity index (χ1) is 19.6. The van der Waals surface area contributed by atoms with E-state index < -0.39 is 23.0 Å². The van der Waals surface area contributed by atoms with Crippen molar-refractivity contribution in [3.8, 4) is 22.6 Å². The van der Waals surface area contributed by atoms with Gasteiger partial charge in [0, 0.05) is 23.4 Å². The molecule has 0 amide bonds. The maximum Gasteiger partial charge on any atom is 0.274 e. The monoisotopic (exact) mass is 577 g/mol. The summed E-state index contributed by atoms with van der Waals surface area (Å²) >= 11 is 6.58. The third kappa shape index (κ3) is 4.50. The predicted octanol–water partition coefficient (Wildman–Crippen LogP) is 5.85. The lowest BCUT2D eigenvalue weighted by molar-refractivity contribution is 0.594. The van der Waals surface area contributed by atoms with E-state index in [2.05, 4.69) is 25.0 Å². The molecule has 0 unspecified atom stereocenters. The highest BCUT2D eigenvalue weighted by Crippen LogP contribution is 2.54. The van der Waals surface area contributed by atoms with E-state index in [9.17, 15) is 9.18 Å². The molecular formula is C29H23ClF3N7O. The molecule has 0 N–H and O–H groups in total. The Labute approximate surface area is 237 Å². The molecule has 0 spiro atoms. The Morgan fingerprint density at radius 2 is 1.68 bits per heavy atom. The van der Waals surface area contributed by atoms with Gasteiger partial charge in [0.25, 0.3) is 5.56 Å². The molecule has 1 saturated carbocycles. The lowest BCUT2D eigenvalue weighted by atomic mass is 10.1. The smallest absolute Gasteiger partial charge is 0.274 e. The number of nitrogens with zero attached hydrogens (tertiary/aromatic N) is 7. The molecule has 8 nitrogen and oxygen atoms in total. The van der Waals surface area contributed by atoms with Crippen molar-refractivity contribution in [2.45, 2.75) is 46.0 Å². The number of benzene rings is 1. The summed E-state index contributed by atoms with van der Waals surface area (Å²) in [4.78, 5) is 30.1. The molecule has 4 aromatic heterocycles. The van der Waals surface area contributed by atoms with E-state index >= 15 is 8.78 Å². The first-order valence-electron chi connectivity index (χ1n) is 12.8. The second kappa shape index (κ2) is 9.91. The van der Waals surface area contributed by atoms with Crippen molar-refractivity contribution in [2.24, 2.45) is 0 Å². The van der Waals surface area contributed by atoms with Crippen LogP contribution in [-0.4, -0.2) is 34.3 Å². The Balaban J connectivity index is 1.44. The van der Waals surface area contributed by atoms with Gasteiger partial charge in [-0.1, -0.05) is 17.7 Å². The second-order valence-electron chi connectivity index (χ2n) is 10.1. The minimum atomic E-state index is -0.870. The molecule has 2 atom stereocenters. The molecule has 0 aliphatic heterocycles. The van der Waals surface area contributed by atoms with Crippen molar-refractivity contribution in [1.29, 1.82) is 0 Å². The molecule has 12 heteroatoms. The minimum Gasteiger partial charge on any atom is -0.277 e. The van der Waals surface area contributed by atoms with Crippen molar-refractivity contribution < 1.29 is 13.2 Å². The molecule has 1 aliphatic rings. The molecule has 1 fully saturated rings. The summed E-state index contributed by atoms with van der Waals surface area (Å²) in [6, 6.07) is 6.24. The van der Waals surface area contributed by atoms with Gasteiger partial charge < -0.3 is 0 Å². The average Bonchev–Trinajstić information content (AvgIpc) is 3.65. The van der Waals surface area contributed by atoms with Crippen molar-refractivity contribution in [3.63, 3.8) is 0 Å². The summed E-state index contributed by atoms with van der Waals surface area (Å²) in [6.45, 7) is 6.66. The Bertz CT molecular complexity index is 1900. The summed E-state index contributed by atoms with van der Waals surface area (Å²) in [6.07, 6.45) is 4.23. The molecule has 4 heterocycles. The van der Waals surface area contributed by atoms with Gasteiger partial charge in [-0.25, -0.2) is 32.8 Å². The maximum absolute atomic E-state index is 16.3. The van der Waals surface area contributed by atoms with Crippen LogP contribution < -0.4 is 5.56 Å². The van der Waals surface area contributed by atoms with Gasteiger partial charge in [0.05, 0.1) is 18.1 Å². The summed E-state index contributed by atoms with van der Waals surface area (Å²) in [5, 5.41) is 4.17. The van der Waals surface area contributed by atoms with Crippen LogP contribution in [0.15, 0.2) is 47.7 Å². The zero-order valence-electron chi connectivity index (χ0n) is 22.5. The first-order valence-corrected chi connectivity index (χ1v) is 13.2. The number of hydrogen-bond donors (Lipinski definition) is 0. The van der Waals surface area contributed by atoms with Crippen LogP contribution in [0.1, 0.15) is 52.6 Å². The van der Waals surface area contributed by atoms with Crippen molar-refractivity contribution in [2.75, 3.05) is 0 Å². The third-order valence-corrected chi connectivity index (χ3v) is 7.64. The van der Waals surface area contributed by atoms with Crippen LogP contribution in [0.5, 0.6) is 0 Å². The highest BCUT2D eigenvalue weighted by molar-refractivity contribution is 6.31. The van der Waals surface area contributed by atoms with Gasteiger partial charge in [0.15, 0.2) is 17.5 Å². The van der Waals surface area contributed by atoms with Gasteiger partial charge in [-0.15, -0.1) is 0 Å². The lowest BCUT2D eigenvalue weighted by Gasteiger charge is -2.18. The van der Waals surface area contributed by atoms with Gasteiger partial charge in [-0.2, -0.15) is 5.10 Å². The number of aromatic nitrogens is 7. The standard InChI is InChI=1S/C29H23ClF3N7O/c1-13-10-34-26(18-6-5-7-22(24(18)32)40-16(4)37-15(3)38-40)25(33)27(13)39-14(2)8-20(23(30)29(39)41)19-9-21(19)28-35-11-17(31)12-36-28/h5-8,10-12,19,21H,9H2,1-4H3/t19-,21+/m1/s1. The number of hydrogen-bond acceptors (Lipinski definition) is 6. The van der Waals surface area contributed by atoms with Crippen molar-refractivity contribution in [3.05, 3.63) is 110 Å². The minimum absolute atomic E-state index is 0.0624. The van der Waals surface area contributed by atoms with Crippen LogP contribution in [-0.2, 0) is 0 Å². The average molecular weight is 578 g/mol. The van der Waals surface area contributed by atoms with E-state index in [1.165, 1.54) is 27.6 Å². The van der Waals surface area contributed by atoms with E-state index in [-0.39, 0.29) is 39.5 Å². The fourth-order valence-corrected chi connectivity index (χ4v) is 5.54. The fraction of sp³-hybridized carbons (Fsp3) is 0.241. The fourth-order valence-electron chi connectivity index (χ4n) is 5.26. The number of pyridine rings is 2. The van der Waals surface area contributed by atoms with Crippen LogP contribution >= 0.6 is 11.6 Å². The van der Waals surface area contributed by atoms with Crippen molar-refractivity contribution >= 4 is 11.6 Å². The lowest BCUT2D eigenvalue weighted by Crippen LogP contribution is -2.24. The first kappa shape index (κ1) is 26.8. The quantitative estimate of drug-likeness (QED) is 0.260. The number of rotatable bonds is 5. The van der Waals surface area contributed by atoms with E-state index in [0.29, 0.717) is 40.7 Å². The summed E-state index contributed by atoms with van der Waals surface area (Å²) in [5.74, 6) is -0.977. The van der Waals surface area contributed by atoms with Crippen LogP contribution in [0.25, 0.3) is 22.6 Å². The normalized spacial score (nSPS) is 16.3. The third-order valence-electron chi connectivity index (χ3n) is 7.26. The van der Waals surface area contributed by atoms with Crippen LogP contribution in [0.4, 0.5) is 13.2 Å². The number of halogens is 4. The van der Waals surface area contributed by atoms with Crippen molar-refractivity contribution in [1.82, 2.24) is 34.3 Å². The Kier molecular flexibility index (Phi) is 6.49. The molecular weight excluding hydrogens is 555 g/mol. The topological polar surface area (TPSA) is 91.4 Å². The predicted molar refractivity (Wildman–Crippen MR) is 146 cm³/mol. The summed E-state index contributed by atoms with van der Waals surface area (Å²) in [5.41, 5.74) is 0.434. The molecule has 0 bridgehead atoms.